The van der Waals surface area contributed by atoms with Crippen LogP contribution in [0.25, 0.3) is 0 Å². The van der Waals surface area contributed by atoms with Gasteiger partial charge >= 0.3 is 0 Å². The van der Waals surface area contributed by atoms with Crippen molar-refractivity contribution in [1.29, 1.82) is 0 Å². The van der Waals surface area contributed by atoms with E-state index in [0.717, 1.165) is 10.7 Å². The zero-order valence-electron chi connectivity index (χ0n) is 7.77. The molecule has 0 aliphatic heterocycles. The predicted octanol–water partition coefficient (Wildman–Crippen LogP) is 4.30. The van der Waals surface area contributed by atoms with E-state index in [4.69, 9.17) is 0 Å². The molecule has 0 N–H and O–H groups in total. The monoisotopic (exact) mass is 230 g/mol. The number of alkyl halides is 1. The van der Waals surface area contributed by atoms with Crippen molar-refractivity contribution in [2.24, 2.45) is 5.92 Å². The molecule has 0 aromatic rings. The maximum atomic E-state index is 3.80. The molecule has 2 atom stereocenters. The molecule has 0 heterocycles. The van der Waals surface area contributed by atoms with Gasteiger partial charge in [-0.3, -0.25) is 0 Å². The topological polar surface area (TPSA) is 0 Å². The van der Waals surface area contributed by atoms with E-state index in [2.05, 4.69) is 22.5 Å². The Morgan fingerprint density at radius 2 is 2.00 bits per heavy atom. The second-order valence-corrected chi connectivity index (χ2v) is 4.96. The van der Waals surface area contributed by atoms with Crippen LogP contribution in [0.4, 0.5) is 0 Å². The standard InChI is InChI=1S/C11H19Br/c1-2-3-7-10-8-5-4-6-9-11(10)12/h2,10-11H,1,3-9H2. The van der Waals surface area contributed by atoms with Crippen molar-refractivity contribution in [2.45, 2.75) is 49.8 Å². The van der Waals surface area contributed by atoms with Crippen molar-refractivity contribution in [1.82, 2.24) is 0 Å². The van der Waals surface area contributed by atoms with Crippen molar-refractivity contribution in [2.75, 3.05) is 0 Å². The van der Waals surface area contributed by atoms with Crippen LogP contribution in [0.2, 0.25) is 0 Å². The first kappa shape index (κ1) is 10.3. The van der Waals surface area contributed by atoms with Crippen molar-refractivity contribution < 1.29 is 0 Å². The summed E-state index contributed by atoms with van der Waals surface area (Å²) >= 11 is 3.80. The predicted molar refractivity (Wildman–Crippen MR) is 58.7 cm³/mol. The summed E-state index contributed by atoms with van der Waals surface area (Å²) in [5.74, 6) is 0.908. The lowest BCUT2D eigenvalue weighted by molar-refractivity contribution is 0.448. The fourth-order valence-electron chi connectivity index (χ4n) is 2.00. The van der Waals surface area contributed by atoms with Crippen LogP contribution in [0.15, 0.2) is 12.7 Å². The highest BCUT2D eigenvalue weighted by atomic mass is 79.9. The first-order valence-electron chi connectivity index (χ1n) is 5.09. The van der Waals surface area contributed by atoms with Gasteiger partial charge in [0.2, 0.25) is 0 Å². The molecule has 0 aromatic heterocycles. The summed E-state index contributed by atoms with van der Waals surface area (Å²) < 4.78 is 0. The third-order valence-electron chi connectivity index (χ3n) is 2.81. The van der Waals surface area contributed by atoms with E-state index in [1.807, 2.05) is 6.08 Å². The number of halogens is 1. The highest BCUT2D eigenvalue weighted by Crippen LogP contribution is 2.31. The summed E-state index contributed by atoms with van der Waals surface area (Å²) in [7, 11) is 0. The second-order valence-electron chi connectivity index (χ2n) is 3.78. The van der Waals surface area contributed by atoms with Crippen LogP contribution in [-0.4, -0.2) is 4.83 Å². The van der Waals surface area contributed by atoms with Crippen molar-refractivity contribution in [3.05, 3.63) is 12.7 Å². The summed E-state index contributed by atoms with van der Waals surface area (Å²) in [4.78, 5) is 0.778. The van der Waals surface area contributed by atoms with Gasteiger partial charge < -0.3 is 0 Å². The first-order chi connectivity index (χ1) is 5.84. The number of allylic oxidation sites excluding steroid dienone is 1. The molecule has 1 heteroatoms. The number of rotatable bonds is 3. The van der Waals surface area contributed by atoms with Gasteiger partial charge in [-0.05, 0) is 31.6 Å². The molecule has 12 heavy (non-hydrogen) atoms. The zero-order valence-corrected chi connectivity index (χ0v) is 9.35. The first-order valence-corrected chi connectivity index (χ1v) is 6.01. The number of hydrogen-bond donors (Lipinski definition) is 0. The lowest BCUT2D eigenvalue weighted by Crippen LogP contribution is -2.12. The molecule has 1 aliphatic rings. The van der Waals surface area contributed by atoms with Gasteiger partial charge in [0, 0.05) is 4.83 Å². The molecule has 0 amide bonds. The molecule has 0 radical (unpaired) electrons. The van der Waals surface area contributed by atoms with Crippen LogP contribution < -0.4 is 0 Å². The quantitative estimate of drug-likeness (QED) is 0.386. The Bertz CT molecular complexity index is 131. The van der Waals surface area contributed by atoms with Gasteiger partial charge in [0.15, 0.2) is 0 Å². The van der Waals surface area contributed by atoms with Gasteiger partial charge in [-0.1, -0.05) is 41.3 Å². The molecular weight excluding hydrogens is 212 g/mol. The van der Waals surface area contributed by atoms with Crippen molar-refractivity contribution >= 4 is 15.9 Å². The largest absolute Gasteiger partial charge is 0.103 e. The Morgan fingerprint density at radius 1 is 1.25 bits per heavy atom. The van der Waals surface area contributed by atoms with E-state index >= 15 is 0 Å². The molecule has 0 nitrogen and oxygen atoms in total. The van der Waals surface area contributed by atoms with E-state index < -0.39 is 0 Å². The fraction of sp³-hybridized carbons (Fsp3) is 0.818. The van der Waals surface area contributed by atoms with Gasteiger partial charge in [-0.2, -0.15) is 0 Å². The van der Waals surface area contributed by atoms with E-state index in [1.54, 1.807) is 0 Å². The second kappa shape index (κ2) is 5.80. The van der Waals surface area contributed by atoms with Crippen LogP contribution in [0.3, 0.4) is 0 Å². The summed E-state index contributed by atoms with van der Waals surface area (Å²) in [5.41, 5.74) is 0. The Labute approximate surface area is 84.6 Å². The van der Waals surface area contributed by atoms with Crippen LogP contribution in [0, 0.1) is 5.92 Å². The molecule has 1 fully saturated rings. The third-order valence-corrected chi connectivity index (χ3v) is 4.01. The van der Waals surface area contributed by atoms with Gasteiger partial charge in [-0.15, -0.1) is 6.58 Å². The van der Waals surface area contributed by atoms with Gasteiger partial charge in [-0.25, -0.2) is 0 Å². The average molecular weight is 231 g/mol. The third kappa shape index (κ3) is 3.30. The lowest BCUT2D eigenvalue weighted by atomic mass is 9.95. The van der Waals surface area contributed by atoms with E-state index in [-0.39, 0.29) is 0 Å². The SMILES string of the molecule is C=CCCC1CCCCCC1Br. The molecule has 0 spiro atoms. The van der Waals surface area contributed by atoms with E-state index in [1.165, 1.54) is 44.9 Å². The van der Waals surface area contributed by atoms with Crippen LogP contribution >= 0.6 is 15.9 Å². The maximum Gasteiger partial charge on any atom is 0.0174 e. The summed E-state index contributed by atoms with van der Waals surface area (Å²) in [6, 6.07) is 0. The molecule has 1 saturated carbocycles. The van der Waals surface area contributed by atoms with Crippen molar-refractivity contribution in [3.63, 3.8) is 0 Å². The molecular formula is C11H19Br. The highest BCUT2D eigenvalue weighted by molar-refractivity contribution is 9.09. The van der Waals surface area contributed by atoms with Gasteiger partial charge in [0.05, 0.1) is 0 Å². The molecule has 0 bridgehead atoms. The Balaban J connectivity index is 2.31. The van der Waals surface area contributed by atoms with Crippen LogP contribution in [0.5, 0.6) is 0 Å². The van der Waals surface area contributed by atoms with E-state index in [0.29, 0.717) is 0 Å². The molecule has 70 valence electrons. The lowest BCUT2D eigenvalue weighted by Gasteiger charge is -2.18. The number of hydrogen-bond acceptors (Lipinski definition) is 0. The Hall–Kier alpha value is 0.220. The minimum Gasteiger partial charge on any atom is -0.103 e. The minimum absolute atomic E-state index is 0.778. The molecule has 0 aromatic carbocycles. The van der Waals surface area contributed by atoms with Gasteiger partial charge in [0.1, 0.15) is 0 Å². The molecule has 2 unspecified atom stereocenters. The fourth-order valence-corrected chi connectivity index (χ4v) is 2.85. The van der Waals surface area contributed by atoms with Gasteiger partial charge in [0.25, 0.3) is 0 Å². The molecule has 0 saturated heterocycles. The molecule has 1 aliphatic carbocycles. The smallest absolute Gasteiger partial charge is 0.0174 e. The van der Waals surface area contributed by atoms with Crippen LogP contribution in [-0.2, 0) is 0 Å². The van der Waals surface area contributed by atoms with E-state index in [9.17, 15) is 0 Å². The summed E-state index contributed by atoms with van der Waals surface area (Å²) in [5, 5.41) is 0. The highest BCUT2D eigenvalue weighted by Gasteiger charge is 2.19. The maximum absolute atomic E-state index is 3.80. The van der Waals surface area contributed by atoms with Crippen LogP contribution in [0.1, 0.15) is 44.9 Å². The van der Waals surface area contributed by atoms with Crippen molar-refractivity contribution in [3.8, 4) is 0 Å². The summed E-state index contributed by atoms with van der Waals surface area (Å²) in [6.45, 7) is 3.78. The minimum atomic E-state index is 0.778. The normalized spacial score (nSPS) is 31.1. The molecule has 1 rings (SSSR count). The Kier molecular flexibility index (Phi) is 4.98. The Morgan fingerprint density at radius 3 is 2.75 bits per heavy atom. The zero-order chi connectivity index (χ0) is 8.81. The summed E-state index contributed by atoms with van der Waals surface area (Å²) in [6.07, 6.45) is 11.7. The average Bonchev–Trinajstić information content (AvgIpc) is 2.27.